The van der Waals surface area contributed by atoms with E-state index < -0.39 is 0 Å². The number of rotatable bonds is 7. The van der Waals surface area contributed by atoms with Crippen LogP contribution >= 0.6 is 11.3 Å². The molecule has 9 heteroatoms. The lowest BCUT2D eigenvalue weighted by atomic mass is 10.3. The third kappa shape index (κ3) is 4.32. The van der Waals surface area contributed by atoms with Crippen LogP contribution in [-0.2, 0) is 13.6 Å². The van der Waals surface area contributed by atoms with E-state index in [1.165, 1.54) is 16.0 Å². The lowest BCUT2D eigenvalue weighted by molar-refractivity contribution is 0.0946. The molecule has 3 aromatic rings. The molecule has 0 aromatic carbocycles. The second-order valence-electron chi connectivity index (χ2n) is 5.35. The van der Waals surface area contributed by atoms with Gasteiger partial charge in [0.05, 0.1) is 4.88 Å². The zero-order valence-electron chi connectivity index (χ0n) is 13.7. The van der Waals surface area contributed by atoms with Crippen molar-refractivity contribution in [3.63, 3.8) is 0 Å². The molecule has 0 atom stereocenters. The number of amides is 2. The number of hydrogen-bond donors (Lipinski definition) is 2. The Hall–Kier alpha value is -2.94. The first-order valence-corrected chi connectivity index (χ1v) is 8.66. The van der Waals surface area contributed by atoms with Crippen LogP contribution < -0.4 is 10.6 Å². The zero-order chi connectivity index (χ0) is 17.6. The summed E-state index contributed by atoms with van der Waals surface area (Å²) in [6.45, 7) is 1.25. The Bertz CT molecular complexity index is 838. The number of aromatic nitrogens is 4. The molecular weight excluding hydrogens is 340 g/mol. The predicted octanol–water partition coefficient (Wildman–Crippen LogP) is 1.75. The van der Waals surface area contributed by atoms with Crippen LogP contribution in [0.15, 0.2) is 42.0 Å². The quantitative estimate of drug-likeness (QED) is 0.629. The van der Waals surface area contributed by atoms with Crippen molar-refractivity contribution in [1.82, 2.24) is 24.9 Å². The van der Waals surface area contributed by atoms with Crippen molar-refractivity contribution < 1.29 is 9.59 Å². The largest absolute Gasteiger partial charge is 0.351 e. The van der Waals surface area contributed by atoms with Gasteiger partial charge < -0.3 is 10.6 Å². The second kappa shape index (κ2) is 7.75. The van der Waals surface area contributed by atoms with Crippen molar-refractivity contribution in [3.05, 3.63) is 52.6 Å². The van der Waals surface area contributed by atoms with Crippen LogP contribution in [0.2, 0.25) is 0 Å². The summed E-state index contributed by atoms with van der Waals surface area (Å²) in [4.78, 5) is 24.8. The number of nitrogens with one attached hydrogen (secondary N) is 2. The van der Waals surface area contributed by atoms with Crippen molar-refractivity contribution >= 4 is 29.0 Å². The minimum absolute atomic E-state index is 0.218. The van der Waals surface area contributed by atoms with Crippen molar-refractivity contribution in [2.75, 3.05) is 11.9 Å². The van der Waals surface area contributed by atoms with E-state index in [1.54, 1.807) is 25.4 Å². The van der Waals surface area contributed by atoms with E-state index in [4.69, 9.17) is 0 Å². The molecule has 8 nitrogen and oxygen atoms in total. The van der Waals surface area contributed by atoms with E-state index in [2.05, 4.69) is 20.8 Å². The summed E-state index contributed by atoms with van der Waals surface area (Å²) in [5.41, 5.74) is 0.267. The number of carbonyl (C=O) groups excluding carboxylic acids is 2. The molecule has 2 N–H and O–H groups in total. The van der Waals surface area contributed by atoms with Crippen LogP contribution in [0.4, 0.5) is 5.82 Å². The van der Waals surface area contributed by atoms with Crippen LogP contribution in [0, 0.1) is 0 Å². The average Bonchev–Trinajstić information content (AvgIpc) is 3.34. The van der Waals surface area contributed by atoms with Gasteiger partial charge in [0.2, 0.25) is 0 Å². The highest BCUT2D eigenvalue weighted by Gasteiger charge is 2.15. The fraction of sp³-hybridized carbons (Fsp3) is 0.250. The third-order valence-corrected chi connectivity index (χ3v) is 4.38. The summed E-state index contributed by atoms with van der Waals surface area (Å²) >= 11 is 1.35. The number of thiophene rings is 1. The van der Waals surface area contributed by atoms with Gasteiger partial charge in [0.15, 0.2) is 5.69 Å². The van der Waals surface area contributed by atoms with Gasteiger partial charge in [0.1, 0.15) is 5.82 Å². The Morgan fingerprint density at radius 1 is 1.28 bits per heavy atom. The van der Waals surface area contributed by atoms with E-state index in [9.17, 15) is 9.59 Å². The fourth-order valence-corrected chi connectivity index (χ4v) is 2.87. The van der Waals surface area contributed by atoms with E-state index in [1.807, 2.05) is 28.4 Å². The molecule has 3 aromatic heterocycles. The maximum atomic E-state index is 12.2. The number of nitrogens with zero attached hydrogens (tertiary/aromatic N) is 4. The van der Waals surface area contributed by atoms with Crippen LogP contribution in [0.3, 0.4) is 0 Å². The fourth-order valence-electron chi connectivity index (χ4n) is 2.25. The lowest BCUT2D eigenvalue weighted by Gasteiger charge is -2.03. The summed E-state index contributed by atoms with van der Waals surface area (Å²) in [5, 5.41) is 15.7. The molecule has 2 amide bonds. The summed E-state index contributed by atoms with van der Waals surface area (Å²) in [7, 11) is 1.68. The number of aryl methyl sites for hydroxylation is 2. The molecule has 0 aliphatic heterocycles. The summed E-state index contributed by atoms with van der Waals surface area (Å²) in [6.07, 6.45) is 4.36. The second-order valence-corrected chi connectivity index (χ2v) is 6.30. The van der Waals surface area contributed by atoms with Gasteiger partial charge in [-0.25, -0.2) is 0 Å². The predicted molar refractivity (Wildman–Crippen MR) is 94.7 cm³/mol. The van der Waals surface area contributed by atoms with Gasteiger partial charge in [-0.2, -0.15) is 10.2 Å². The van der Waals surface area contributed by atoms with Crippen LogP contribution in [0.1, 0.15) is 26.6 Å². The van der Waals surface area contributed by atoms with Gasteiger partial charge in [-0.05, 0) is 23.9 Å². The van der Waals surface area contributed by atoms with Crippen molar-refractivity contribution in [2.45, 2.75) is 13.0 Å². The van der Waals surface area contributed by atoms with Crippen molar-refractivity contribution in [2.24, 2.45) is 7.05 Å². The smallest absolute Gasteiger partial charge is 0.271 e. The molecule has 3 rings (SSSR count). The summed E-state index contributed by atoms with van der Waals surface area (Å²) < 4.78 is 3.29. The van der Waals surface area contributed by atoms with Gasteiger partial charge in [0.25, 0.3) is 11.8 Å². The van der Waals surface area contributed by atoms with E-state index >= 15 is 0 Å². The molecule has 0 fully saturated rings. The topological polar surface area (TPSA) is 93.8 Å². The minimum atomic E-state index is -0.271. The van der Waals surface area contributed by atoms with E-state index in [-0.39, 0.29) is 17.5 Å². The molecule has 3 heterocycles. The summed E-state index contributed by atoms with van der Waals surface area (Å²) in [6, 6.07) is 6.97. The van der Waals surface area contributed by atoms with E-state index in [0.717, 1.165) is 13.0 Å². The zero-order valence-corrected chi connectivity index (χ0v) is 14.5. The minimum Gasteiger partial charge on any atom is -0.351 e. The number of hydrogen-bond acceptors (Lipinski definition) is 5. The molecule has 0 radical (unpaired) electrons. The van der Waals surface area contributed by atoms with Crippen LogP contribution in [0.5, 0.6) is 0 Å². The monoisotopic (exact) mass is 358 g/mol. The SMILES string of the molecule is Cn1nc(C(=O)NCCCn2cccn2)cc1NC(=O)c1cccs1. The van der Waals surface area contributed by atoms with E-state index in [0.29, 0.717) is 17.2 Å². The average molecular weight is 358 g/mol. The Balaban J connectivity index is 1.52. The molecule has 0 saturated heterocycles. The highest BCUT2D eigenvalue weighted by molar-refractivity contribution is 7.12. The van der Waals surface area contributed by atoms with Gasteiger partial charge in [-0.1, -0.05) is 6.07 Å². The Morgan fingerprint density at radius 3 is 2.88 bits per heavy atom. The molecule has 25 heavy (non-hydrogen) atoms. The Kier molecular flexibility index (Phi) is 5.24. The number of carbonyl (C=O) groups is 2. The maximum absolute atomic E-state index is 12.2. The van der Waals surface area contributed by atoms with Gasteiger partial charge in [0, 0.05) is 38.6 Å². The van der Waals surface area contributed by atoms with Crippen LogP contribution in [0.25, 0.3) is 0 Å². The molecule has 0 aliphatic rings. The molecule has 0 saturated carbocycles. The van der Waals surface area contributed by atoms with Crippen molar-refractivity contribution in [1.29, 1.82) is 0 Å². The highest BCUT2D eigenvalue weighted by atomic mass is 32.1. The molecule has 0 unspecified atom stereocenters. The van der Waals surface area contributed by atoms with Gasteiger partial charge in [-0.15, -0.1) is 11.3 Å². The maximum Gasteiger partial charge on any atom is 0.271 e. The van der Waals surface area contributed by atoms with Crippen LogP contribution in [-0.4, -0.2) is 37.9 Å². The molecule has 0 spiro atoms. The van der Waals surface area contributed by atoms with Gasteiger partial charge >= 0.3 is 0 Å². The third-order valence-electron chi connectivity index (χ3n) is 3.51. The highest BCUT2D eigenvalue weighted by Crippen LogP contribution is 2.14. The molecular formula is C16H18N6O2S. The molecule has 0 aliphatic carbocycles. The first kappa shape index (κ1) is 16.9. The Morgan fingerprint density at radius 2 is 2.16 bits per heavy atom. The van der Waals surface area contributed by atoms with Gasteiger partial charge in [-0.3, -0.25) is 19.0 Å². The lowest BCUT2D eigenvalue weighted by Crippen LogP contribution is -2.25. The summed E-state index contributed by atoms with van der Waals surface area (Å²) in [5.74, 6) is -0.0167. The van der Waals surface area contributed by atoms with Crippen molar-refractivity contribution in [3.8, 4) is 0 Å². The first-order valence-electron chi connectivity index (χ1n) is 7.78. The molecule has 130 valence electrons. The Labute approximate surface area is 148 Å². The first-order chi connectivity index (χ1) is 12.1. The number of anilines is 1. The standard InChI is InChI=1S/C16H18N6O2S/c1-21-14(19-16(24)13-5-2-10-25-13)11-12(20-21)15(23)17-6-3-8-22-9-4-7-18-22/h2,4-5,7,9-11H,3,6,8H2,1H3,(H,17,23)(H,19,24). The molecule has 0 bridgehead atoms. The normalized spacial score (nSPS) is 10.6.